The van der Waals surface area contributed by atoms with E-state index < -0.39 is 5.60 Å². The zero-order valence-electron chi connectivity index (χ0n) is 13.0. The van der Waals surface area contributed by atoms with Crippen LogP contribution < -0.4 is 5.32 Å². The normalized spacial score (nSPS) is 13.5. The van der Waals surface area contributed by atoms with Gasteiger partial charge in [0.15, 0.2) is 0 Å². The van der Waals surface area contributed by atoms with Gasteiger partial charge in [-0.1, -0.05) is 36.4 Å². The van der Waals surface area contributed by atoms with Crippen molar-refractivity contribution in [2.75, 3.05) is 13.7 Å². The molecule has 0 saturated carbocycles. The first kappa shape index (κ1) is 16.2. The van der Waals surface area contributed by atoms with E-state index in [9.17, 15) is 9.18 Å². The number of hydrogen-bond acceptors (Lipinski definition) is 2. The van der Waals surface area contributed by atoms with Gasteiger partial charge in [-0.2, -0.15) is 0 Å². The Bertz CT molecular complexity index is 672. The van der Waals surface area contributed by atoms with Crippen molar-refractivity contribution in [1.82, 2.24) is 5.32 Å². The second kappa shape index (κ2) is 6.71. The van der Waals surface area contributed by atoms with Crippen LogP contribution in [0.5, 0.6) is 0 Å². The highest BCUT2D eigenvalue weighted by Crippen LogP contribution is 2.26. The number of amides is 1. The maximum Gasteiger partial charge on any atom is 0.251 e. The molecular formula is C18H20FNO2. The molecule has 2 aromatic rings. The first-order chi connectivity index (χ1) is 10.5. The zero-order chi connectivity index (χ0) is 16.2. The number of halogens is 1. The molecule has 0 bridgehead atoms. The van der Waals surface area contributed by atoms with Gasteiger partial charge in [0.05, 0.1) is 6.54 Å². The molecule has 0 aliphatic heterocycles. The summed E-state index contributed by atoms with van der Waals surface area (Å²) in [7, 11) is 1.51. The average molecular weight is 301 g/mol. The van der Waals surface area contributed by atoms with E-state index in [4.69, 9.17) is 4.74 Å². The second-order valence-corrected chi connectivity index (χ2v) is 5.41. The maximum atomic E-state index is 14.0. The number of aryl methyl sites for hydroxylation is 1. The zero-order valence-corrected chi connectivity index (χ0v) is 13.0. The van der Waals surface area contributed by atoms with Crippen molar-refractivity contribution in [3.8, 4) is 0 Å². The summed E-state index contributed by atoms with van der Waals surface area (Å²) in [6.45, 7) is 3.81. The van der Waals surface area contributed by atoms with Crippen LogP contribution in [-0.4, -0.2) is 19.6 Å². The summed E-state index contributed by atoms with van der Waals surface area (Å²) in [5, 5.41) is 2.83. The summed E-state index contributed by atoms with van der Waals surface area (Å²) in [5.41, 5.74) is 0.992. The number of methoxy groups -OCH3 is 1. The molecule has 22 heavy (non-hydrogen) atoms. The van der Waals surface area contributed by atoms with Gasteiger partial charge < -0.3 is 10.1 Å². The first-order valence-corrected chi connectivity index (χ1v) is 7.12. The van der Waals surface area contributed by atoms with E-state index in [0.29, 0.717) is 11.1 Å². The molecular weight excluding hydrogens is 281 g/mol. The van der Waals surface area contributed by atoms with Gasteiger partial charge in [-0.3, -0.25) is 4.79 Å². The lowest BCUT2D eigenvalue weighted by atomic mass is 9.94. The number of ether oxygens (including phenoxy) is 1. The second-order valence-electron chi connectivity index (χ2n) is 5.41. The van der Waals surface area contributed by atoms with E-state index in [0.717, 1.165) is 5.56 Å². The molecule has 2 aromatic carbocycles. The summed E-state index contributed by atoms with van der Waals surface area (Å²) in [6.07, 6.45) is 0. The molecule has 1 N–H and O–H groups in total. The molecule has 1 atom stereocenters. The van der Waals surface area contributed by atoms with Crippen molar-refractivity contribution < 1.29 is 13.9 Å². The predicted octanol–water partition coefficient (Wildman–Crippen LogP) is 3.43. The number of benzene rings is 2. The third-order valence-electron chi connectivity index (χ3n) is 3.87. The fraction of sp³-hybridized carbons (Fsp3) is 0.278. The van der Waals surface area contributed by atoms with Crippen LogP contribution in [0.1, 0.15) is 28.4 Å². The predicted molar refractivity (Wildman–Crippen MR) is 84.3 cm³/mol. The molecule has 0 aliphatic carbocycles. The van der Waals surface area contributed by atoms with Crippen LogP contribution in [-0.2, 0) is 10.3 Å². The smallest absolute Gasteiger partial charge is 0.251 e. The van der Waals surface area contributed by atoms with E-state index in [1.54, 1.807) is 31.2 Å². The molecule has 1 unspecified atom stereocenters. The lowest BCUT2D eigenvalue weighted by Crippen LogP contribution is -2.40. The largest absolute Gasteiger partial charge is 0.372 e. The summed E-state index contributed by atoms with van der Waals surface area (Å²) in [5.74, 6) is -0.547. The molecule has 2 rings (SSSR count). The summed E-state index contributed by atoms with van der Waals surface area (Å²) in [6, 6.07) is 13.8. The Labute approximate surface area is 130 Å². The molecule has 0 saturated heterocycles. The van der Waals surface area contributed by atoms with Gasteiger partial charge in [0.1, 0.15) is 11.4 Å². The van der Waals surface area contributed by atoms with Crippen molar-refractivity contribution in [2.24, 2.45) is 0 Å². The number of hydrogen-bond donors (Lipinski definition) is 1. The molecule has 1 amide bonds. The third-order valence-corrected chi connectivity index (χ3v) is 3.87. The van der Waals surface area contributed by atoms with Gasteiger partial charge in [0.2, 0.25) is 0 Å². The highest BCUT2D eigenvalue weighted by atomic mass is 19.1. The van der Waals surface area contributed by atoms with Gasteiger partial charge in [-0.25, -0.2) is 4.39 Å². The Morgan fingerprint density at radius 3 is 2.45 bits per heavy atom. The first-order valence-electron chi connectivity index (χ1n) is 7.12. The maximum absolute atomic E-state index is 14.0. The molecule has 0 aromatic heterocycles. The van der Waals surface area contributed by atoms with Crippen LogP contribution in [0.2, 0.25) is 0 Å². The summed E-state index contributed by atoms with van der Waals surface area (Å²) in [4.78, 5) is 12.3. The number of carbonyl (C=O) groups excluding carboxylic acids is 1. The number of nitrogens with one attached hydrogen (secondary N) is 1. The Kier molecular flexibility index (Phi) is 4.93. The van der Waals surface area contributed by atoms with Gasteiger partial charge in [0, 0.05) is 18.2 Å². The topological polar surface area (TPSA) is 38.3 Å². The fourth-order valence-electron chi connectivity index (χ4n) is 2.34. The van der Waals surface area contributed by atoms with E-state index in [1.807, 2.05) is 25.1 Å². The molecule has 0 radical (unpaired) electrons. The minimum absolute atomic E-state index is 0.178. The van der Waals surface area contributed by atoms with Crippen LogP contribution >= 0.6 is 0 Å². The van der Waals surface area contributed by atoms with Crippen molar-refractivity contribution >= 4 is 5.91 Å². The van der Waals surface area contributed by atoms with Gasteiger partial charge >= 0.3 is 0 Å². The van der Waals surface area contributed by atoms with Gasteiger partial charge in [-0.15, -0.1) is 0 Å². The lowest BCUT2D eigenvalue weighted by molar-refractivity contribution is 0.000382. The van der Waals surface area contributed by atoms with Gasteiger partial charge in [-0.05, 0) is 31.5 Å². The highest BCUT2D eigenvalue weighted by Gasteiger charge is 2.30. The number of carbonyl (C=O) groups is 1. The lowest BCUT2D eigenvalue weighted by Gasteiger charge is -2.29. The van der Waals surface area contributed by atoms with Crippen molar-refractivity contribution in [3.05, 3.63) is 71.0 Å². The number of rotatable bonds is 5. The molecule has 0 heterocycles. The Hall–Kier alpha value is -2.20. The van der Waals surface area contributed by atoms with Crippen LogP contribution in [0.25, 0.3) is 0 Å². The van der Waals surface area contributed by atoms with Crippen LogP contribution in [0.3, 0.4) is 0 Å². The standard InChI is InChI=1S/C18H20FNO2/c1-13-8-4-5-9-14(13)17(21)20-12-18(2,22-3)15-10-6-7-11-16(15)19/h4-11H,12H2,1-3H3,(H,20,21). The van der Waals surface area contributed by atoms with E-state index in [1.165, 1.54) is 13.2 Å². The molecule has 0 fully saturated rings. The summed E-state index contributed by atoms with van der Waals surface area (Å²) < 4.78 is 19.5. The van der Waals surface area contributed by atoms with Crippen molar-refractivity contribution in [2.45, 2.75) is 19.4 Å². The Balaban J connectivity index is 2.16. The van der Waals surface area contributed by atoms with Crippen molar-refractivity contribution in [1.29, 1.82) is 0 Å². The average Bonchev–Trinajstić information content (AvgIpc) is 2.53. The van der Waals surface area contributed by atoms with Crippen LogP contribution in [0.15, 0.2) is 48.5 Å². The minimum Gasteiger partial charge on any atom is -0.372 e. The molecule has 4 heteroatoms. The monoisotopic (exact) mass is 301 g/mol. The van der Waals surface area contributed by atoms with Crippen LogP contribution in [0, 0.1) is 12.7 Å². The van der Waals surface area contributed by atoms with Crippen LogP contribution in [0.4, 0.5) is 4.39 Å². The minimum atomic E-state index is -0.927. The summed E-state index contributed by atoms with van der Waals surface area (Å²) >= 11 is 0. The quantitative estimate of drug-likeness (QED) is 0.919. The SMILES string of the molecule is COC(C)(CNC(=O)c1ccccc1C)c1ccccc1F. The van der Waals surface area contributed by atoms with E-state index in [2.05, 4.69) is 5.32 Å². The fourth-order valence-corrected chi connectivity index (χ4v) is 2.34. The molecule has 116 valence electrons. The highest BCUT2D eigenvalue weighted by molar-refractivity contribution is 5.95. The Morgan fingerprint density at radius 2 is 1.82 bits per heavy atom. The third kappa shape index (κ3) is 3.34. The van der Waals surface area contributed by atoms with E-state index >= 15 is 0 Å². The van der Waals surface area contributed by atoms with E-state index in [-0.39, 0.29) is 18.3 Å². The Morgan fingerprint density at radius 1 is 1.18 bits per heavy atom. The molecule has 0 spiro atoms. The molecule has 0 aliphatic rings. The van der Waals surface area contributed by atoms with Gasteiger partial charge in [0.25, 0.3) is 5.91 Å². The molecule has 3 nitrogen and oxygen atoms in total. The van der Waals surface area contributed by atoms with Crippen molar-refractivity contribution in [3.63, 3.8) is 0 Å².